The minimum absolute atomic E-state index is 0.238. The lowest BCUT2D eigenvalue weighted by Crippen LogP contribution is -2.28. The summed E-state index contributed by atoms with van der Waals surface area (Å²) in [5.74, 6) is 0.238. The molecule has 2 aromatic rings. The predicted molar refractivity (Wildman–Crippen MR) is 82.1 cm³/mol. The molecule has 0 radical (unpaired) electrons. The lowest BCUT2D eigenvalue weighted by molar-refractivity contribution is 0.452. The maximum atomic E-state index is 9.75. The van der Waals surface area contributed by atoms with Crippen molar-refractivity contribution >= 4 is 11.6 Å². The third-order valence-corrected chi connectivity index (χ3v) is 3.41. The summed E-state index contributed by atoms with van der Waals surface area (Å²) in [5, 5.41) is 13.9. The van der Waals surface area contributed by atoms with Gasteiger partial charge in [-0.2, -0.15) is 0 Å². The molecule has 2 N–H and O–H groups in total. The lowest BCUT2D eigenvalue weighted by Gasteiger charge is -2.14. The first-order valence-electron chi connectivity index (χ1n) is 6.68. The summed E-state index contributed by atoms with van der Waals surface area (Å²) < 4.78 is 0. The van der Waals surface area contributed by atoms with E-state index in [1.807, 2.05) is 31.2 Å². The van der Waals surface area contributed by atoms with Gasteiger partial charge >= 0.3 is 0 Å². The molecular formula is C16H19ClN2O. The molecule has 0 bridgehead atoms. The molecule has 1 unspecified atom stereocenters. The third kappa shape index (κ3) is 4.22. The minimum atomic E-state index is 0.238. The molecule has 0 amide bonds. The van der Waals surface area contributed by atoms with Crippen molar-refractivity contribution in [3.05, 3.63) is 58.4 Å². The van der Waals surface area contributed by atoms with Crippen LogP contribution in [-0.2, 0) is 13.0 Å². The fraction of sp³-hybridized carbons (Fsp3) is 0.312. The number of rotatable bonds is 5. The van der Waals surface area contributed by atoms with Gasteiger partial charge < -0.3 is 10.4 Å². The van der Waals surface area contributed by atoms with Gasteiger partial charge in [0.15, 0.2) is 0 Å². The minimum Gasteiger partial charge on any atom is -0.506 e. The molecule has 3 nitrogen and oxygen atoms in total. The molecule has 0 aliphatic heterocycles. The van der Waals surface area contributed by atoms with Gasteiger partial charge in [-0.25, -0.2) is 0 Å². The molecular weight excluding hydrogens is 272 g/mol. The van der Waals surface area contributed by atoms with Crippen molar-refractivity contribution in [2.24, 2.45) is 0 Å². The first-order chi connectivity index (χ1) is 9.54. The van der Waals surface area contributed by atoms with E-state index < -0.39 is 0 Å². The summed E-state index contributed by atoms with van der Waals surface area (Å²) >= 11 is 5.87. The number of nitrogens with zero attached hydrogens (tertiary/aromatic N) is 1. The molecule has 1 aromatic heterocycles. The molecule has 106 valence electrons. The zero-order valence-corrected chi connectivity index (χ0v) is 12.5. The van der Waals surface area contributed by atoms with E-state index in [2.05, 4.69) is 17.2 Å². The molecule has 1 aromatic carbocycles. The van der Waals surface area contributed by atoms with Crippen LogP contribution in [0.3, 0.4) is 0 Å². The molecule has 1 heterocycles. The van der Waals surface area contributed by atoms with Crippen molar-refractivity contribution in [2.45, 2.75) is 32.9 Å². The van der Waals surface area contributed by atoms with Crippen LogP contribution in [0.1, 0.15) is 23.9 Å². The summed E-state index contributed by atoms with van der Waals surface area (Å²) in [7, 11) is 0. The Hall–Kier alpha value is -1.58. The first-order valence-corrected chi connectivity index (χ1v) is 7.05. The Morgan fingerprint density at radius 2 is 1.90 bits per heavy atom. The maximum Gasteiger partial charge on any atom is 0.138 e. The van der Waals surface area contributed by atoms with Crippen molar-refractivity contribution in [3.63, 3.8) is 0 Å². The molecule has 1 atom stereocenters. The second kappa shape index (κ2) is 6.73. The predicted octanol–water partition coefficient (Wildman–Crippen LogP) is 3.47. The third-order valence-electron chi connectivity index (χ3n) is 3.16. The van der Waals surface area contributed by atoms with Crippen LogP contribution in [0.4, 0.5) is 0 Å². The van der Waals surface area contributed by atoms with Crippen LogP contribution in [0.2, 0.25) is 5.02 Å². The molecule has 20 heavy (non-hydrogen) atoms. The zero-order valence-electron chi connectivity index (χ0n) is 11.7. The fourth-order valence-corrected chi connectivity index (χ4v) is 2.18. The van der Waals surface area contributed by atoms with Crippen molar-refractivity contribution < 1.29 is 5.11 Å². The smallest absolute Gasteiger partial charge is 0.138 e. The Morgan fingerprint density at radius 1 is 1.20 bits per heavy atom. The first kappa shape index (κ1) is 14.8. The number of nitrogens with one attached hydrogen (secondary N) is 1. The highest BCUT2D eigenvalue weighted by atomic mass is 35.5. The topological polar surface area (TPSA) is 45.1 Å². The van der Waals surface area contributed by atoms with Crippen LogP contribution >= 0.6 is 11.6 Å². The second-order valence-corrected chi connectivity index (χ2v) is 5.47. The van der Waals surface area contributed by atoms with E-state index in [-0.39, 0.29) is 11.8 Å². The summed E-state index contributed by atoms with van der Waals surface area (Å²) in [4.78, 5) is 4.33. The van der Waals surface area contributed by atoms with Gasteiger partial charge in [0, 0.05) is 23.3 Å². The van der Waals surface area contributed by atoms with Crippen LogP contribution in [-0.4, -0.2) is 16.1 Å². The maximum absolute atomic E-state index is 9.75. The van der Waals surface area contributed by atoms with Crippen molar-refractivity contribution in [1.82, 2.24) is 10.3 Å². The Kier molecular flexibility index (Phi) is 4.99. The number of aromatic nitrogens is 1. The Labute approximate surface area is 124 Å². The average molecular weight is 291 g/mol. The second-order valence-electron chi connectivity index (χ2n) is 5.03. The number of hydrogen-bond donors (Lipinski definition) is 2. The number of halogens is 1. The van der Waals surface area contributed by atoms with Crippen molar-refractivity contribution in [2.75, 3.05) is 0 Å². The van der Waals surface area contributed by atoms with Crippen LogP contribution in [0, 0.1) is 6.92 Å². The van der Waals surface area contributed by atoms with Gasteiger partial charge in [0.25, 0.3) is 0 Å². The SMILES string of the molecule is Cc1ccc(O)c(CNC(C)Cc2ccc(Cl)cc2)n1. The number of pyridine rings is 1. The summed E-state index contributed by atoms with van der Waals surface area (Å²) in [6, 6.07) is 11.6. The van der Waals surface area contributed by atoms with E-state index >= 15 is 0 Å². The molecule has 2 rings (SSSR count). The van der Waals surface area contributed by atoms with Crippen molar-refractivity contribution in [1.29, 1.82) is 0 Å². The molecule has 0 spiro atoms. The van der Waals surface area contributed by atoms with E-state index in [4.69, 9.17) is 11.6 Å². The number of hydrogen-bond acceptors (Lipinski definition) is 3. The van der Waals surface area contributed by atoms with Gasteiger partial charge in [-0.1, -0.05) is 23.7 Å². The quantitative estimate of drug-likeness (QED) is 0.886. The average Bonchev–Trinajstić information content (AvgIpc) is 2.42. The highest BCUT2D eigenvalue weighted by molar-refractivity contribution is 6.30. The van der Waals surface area contributed by atoms with Crippen LogP contribution < -0.4 is 5.32 Å². The zero-order chi connectivity index (χ0) is 14.5. The van der Waals surface area contributed by atoms with Crippen molar-refractivity contribution in [3.8, 4) is 5.75 Å². The highest BCUT2D eigenvalue weighted by Gasteiger charge is 2.07. The largest absolute Gasteiger partial charge is 0.506 e. The highest BCUT2D eigenvalue weighted by Crippen LogP contribution is 2.15. The lowest BCUT2D eigenvalue weighted by atomic mass is 10.1. The summed E-state index contributed by atoms with van der Waals surface area (Å²) in [6.45, 7) is 4.59. The summed E-state index contributed by atoms with van der Waals surface area (Å²) in [5.41, 5.74) is 2.83. The van der Waals surface area contributed by atoms with Crippen LogP contribution in [0.15, 0.2) is 36.4 Å². The fourth-order valence-electron chi connectivity index (χ4n) is 2.05. The molecule has 0 saturated heterocycles. The van der Waals surface area contributed by atoms with E-state index in [0.717, 1.165) is 17.1 Å². The van der Waals surface area contributed by atoms with Gasteiger partial charge in [-0.3, -0.25) is 4.98 Å². The normalized spacial score (nSPS) is 12.3. The monoisotopic (exact) mass is 290 g/mol. The van der Waals surface area contributed by atoms with Crippen LogP contribution in [0.25, 0.3) is 0 Å². The van der Waals surface area contributed by atoms with Crippen LogP contribution in [0.5, 0.6) is 5.75 Å². The Bertz CT molecular complexity index is 569. The molecule has 0 fully saturated rings. The Balaban J connectivity index is 1.90. The van der Waals surface area contributed by atoms with Gasteiger partial charge in [0.2, 0.25) is 0 Å². The number of benzene rings is 1. The molecule has 0 aliphatic rings. The Morgan fingerprint density at radius 3 is 2.60 bits per heavy atom. The summed E-state index contributed by atoms with van der Waals surface area (Å²) in [6.07, 6.45) is 0.906. The molecule has 0 aliphatic carbocycles. The molecule has 4 heteroatoms. The van der Waals surface area contributed by atoms with Gasteiger partial charge in [-0.05, 0) is 50.1 Å². The van der Waals surface area contributed by atoms with E-state index in [1.165, 1.54) is 5.56 Å². The number of aromatic hydroxyl groups is 1. The molecule has 0 saturated carbocycles. The van der Waals surface area contributed by atoms with Gasteiger partial charge in [-0.15, -0.1) is 0 Å². The standard InChI is InChI=1S/C16H19ClN2O/c1-11-3-8-16(20)15(19-11)10-18-12(2)9-13-4-6-14(17)7-5-13/h3-8,12,18,20H,9-10H2,1-2H3. The van der Waals surface area contributed by atoms with Gasteiger partial charge in [0.05, 0.1) is 5.69 Å². The van der Waals surface area contributed by atoms with E-state index in [0.29, 0.717) is 12.2 Å². The number of aryl methyl sites for hydroxylation is 1. The van der Waals surface area contributed by atoms with Gasteiger partial charge in [0.1, 0.15) is 5.75 Å². The van der Waals surface area contributed by atoms with E-state index in [9.17, 15) is 5.11 Å². The van der Waals surface area contributed by atoms with E-state index in [1.54, 1.807) is 12.1 Å².